The number of ether oxygens (including phenoxy) is 2. The Hall–Kier alpha value is -5.83. The summed E-state index contributed by atoms with van der Waals surface area (Å²) in [6.07, 6.45) is 1.43. The average molecular weight is 627 g/mol. The third-order valence-electron chi connectivity index (χ3n) is 8.04. The molecule has 0 fully saturated rings. The van der Waals surface area contributed by atoms with Crippen LogP contribution in [0.25, 0.3) is 33.1 Å². The number of para-hydroxylation sites is 1. The molecule has 0 spiro atoms. The average Bonchev–Trinajstić information content (AvgIpc) is 3.07. The Morgan fingerprint density at radius 3 is 2.43 bits per heavy atom. The predicted octanol–water partition coefficient (Wildman–Crippen LogP) is 8.42. The van der Waals surface area contributed by atoms with Crippen molar-refractivity contribution in [1.82, 2.24) is 9.66 Å². The van der Waals surface area contributed by atoms with Crippen LogP contribution in [0.2, 0.25) is 0 Å². The quantitative estimate of drug-likeness (QED) is 0.0858. The third-order valence-corrected chi connectivity index (χ3v) is 8.04. The van der Waals surface area contributed by atoms with Gasteiger partial charge in [0.2, 0.25) is 0 Å². The van der Waals surface area contributed by atoms with Gasteiger partial charge in [0.1, 0.15) is 12.4 Å². The molecule has 0 aliphatic heterocycles. The first kappa shape index (κ1) is 31.2. The van der Waals surface area contributed by atoms with Crippen molar-refractivity contribution in [2.24, 2.45) is 5.10 Å². The van der Waals surface area contributed by atoms with Gasteiger partial charge in [-0.2, -0.15) is 9.78 Å². The van der Waals surface area contributed by atoms with Gasteiger partial charge in [-0.25, -0.2) is 4.98 Å². The minimum absolute atomic E-state index is 0.136. The van der Waals surface area contributed by atoms with Crippen LogP contribution < -0.4 is 15.0 Å². The van der Waals surface area contributed by atoms with Crippen molar-refractivity contribution < 1.29 is 14.4 Å². The standard InChI is InChI=1S/C38H34N4O5/c1-5-46-36-19-25(4)32(21-31(36)24(2)3)37-40-33-16-9-8-15-30(33)38(43)41(37)39-22-26-17-18-35(34(20-26)42(44)45)47-23-28-13-10-12-27-11-6-7-14-29(27)28/h6-22,24H,5,23H2,1-4H3. The lowest BCUT2D eigenvalue weighted by Crippen LogP contribution is -2.21. The van der Waals surface area contributed by atoms with Crippen molar-refractivity contribution in [2.75, 3.05) is 6.61 Å². The van der Waals surface area contributed by atoms with Crippen molar-refractivity contribution in [2.45, 2.75) is 40.2 Å². The van der Waals surface area contributed by atoms with Gasteiger partial charge in [0.25, 0.3) is 5.56 Å². The molecule has 5 aromatic carbocycles. The van der Waals surface area contributed by atoms with Crippen molar-refractivity contribution in [3.63, 3.8) is 0 Å². The van der Waals surface area contributed by atoms with E-state index < -0.39 is 4.92 Å². The van der Waals surface area contributed by atoms with Crippen LogP contribution in [0.1, 0.15) is 48.9 Å². The first-order chi connectivity index (χ1) is 22.7. The molecule has 0 bridgehead atoms. The predicted molar refractivity (Wildman–Crippen MR) is 186 cm³/mol. The Morgan fingerprint density at radius 2 is 1.66 bits per heavy atom. The van der Waals surface area contributed by atoms with Crippen LogP contribution in [0, 0.1) is 17.0 Å². The van der Waals surface area contributed by atoms with Crippen LogP contribution in [0.4, 0.5) is 5.69 Å². The number of nitrogens with zero attached hydrogens (tertiary/aromatic N) is 4. The smallest absolute Gasteiger partial charge is 0.311 e. The van der Waals surface area contributed by atoms with Gasteiger partial charge >= 0.3 is 5.69 Å². The van der Waals surface area contributed by atoms with Crippen LogP contribution in [0.3, 0.4) is 0 Å². The Kier molecular flexibility index (Phi) is 8.79. The number of nitro benzene ring substituents is 1. The minimum Gasteiger partial charge on any atom is -0.494 e. The number of nitro groups is 1. The van der Waals surface area contributed by atoms with Gasteiger partial charge in [-0.1, -0.05) is 68.4 Å². The molecule has 9 heteroatoms. The van der Waals surface area contributed by atoms with Crippen LogP contribution in [0.15, 0.2) is 107 Å². The van der Waals surface area contributed by atoms with E-state index in [0.29, 0.717) is 28.9 Å². The molecule has 0 radical (unpaired) electrons. The Morgan fingerprint density at radius 1 is 0.915 bits per heavy atom. The topological polar surface area (TPSA) is 109 Å². The maximum Gasteiger partial charge on any atom is 0.311 e. The zero-order valence-corrected chi connectivity index (χ0v) is 26.6. The number of hydrogen-bond acceptors (Lipinski definition) is 7. The van der Waals surface area contributed by atoms with Crippen molar-refractivity contribution >= 4 is 33.6 Å². The molecule has 236 valence electrons. The molecular weight excluding hydrogens is 592 g/mol. The van der Waals surface area contributed by atoms with Gasteiger partial charge in [0.15, 0.2) is 11.6 Å². The molecule has 0 aliphatic rings. The molecule has 1 aromatic heterocycles. The molecule has 0 saturated heterocycles. The van der Waals surface area contributed by atoms with Gasteiger partial charge in [-0.15, -0.1) is 0 Å². The Balaban J connectivity index is 1.40. The summed E-state index contributed by atoms with van der Waals surface area (Å²) in [5, 5.41) is 19.2. The minimum atomic E-state index is -0.484. The maximum absolute atomic E-state index is 13.8. The number of aromatic nitrogens is 2. The van der Waals surface area contributed by atoms with Gasteiger partial charge in [0.05, 0.1) is 28.6 Å². The van der Waals surface area contributed by atoms with Gasteiger partial charge in [-0.3, -0.25) is 14.9 Å². The summed E-state index contributed by atoms with van der Waals surface area (Å²) in [6, 6.07) is 29.5. The second-order valence-corrected chi connectivity index (χ2v) is 11.5. The van der Waals surface area contributed by atoms with E-state index in [9.17, 15) is 14.9 Å². The molecule has 1 heterocycles. The summed E-state index contributed by atoms with van der Waals surface area (Å²) in [5.74, 6) is 1.44. The van der Waals surface area contributed by atoms with E-state index in [1.54, 1.807) is 30.3 Å². The molecule has 6 rings (SSSR count). The van der Waals surface area contributed by atoms with E-state index in [1.165, 1.54) is 17.0 Å². The highest BCUT2D eigenvalue weighted by Crippen LogP contribution is 2.35. The number of fused-ring (bicyclic) bond motifs is 2. The van der Waals surface area contributed by atoms with Crippen molar-refractivity contribution in [1.29, 1.82) is 0 Å². The van der Waals surface area contributed by atoms with Gasteiger partial charge < -0.3 is 9.47 Å². The van der Waals surface area contributed by atoms with E-state index >= 15 is 0 Å². The van der Waals surface area contributed by atoms with E-state index in [0.717, 1.165) is 38.8 Å². The second-order valence-electron chi connectivity index (χ2n) is 11.5. The molecular formula is C38H34N4O5. The Labute approximate surface area is 271 Å². The molecule has 0 N–H and O–H groups in total. The number of rotatable bonds is 10. The van der Waals surface area contributed by atoms with Gasteiger partial charge in [-0.05, 0) is 83.6 Å². The lowest BCUT2D eigenvalue weighted by molar-refractivity contribution is -0.385. The fraction of sp³-hybridized carbons (Fsp3) is 0.184. The van der Waals surface area contributed by atoms with Crippen LogP contribution in [0.5, 0.6) is 11.5 Å². The van der Waals surface area contributed by atoms with Crippen LogP contribution in [-0.4, -0.2) is 27.4 Å². The lowest BCUT2D eigenvalue weighted by Gasteiger charge is -2.18. The highest BCUT2D eigenvalue weighted by atomic mass is 16.6. The summed E-state index contributed by atoms with van der Waals surface area (Å²) >= 11 is 0. The van der Waals surface area contributed by atoms with Gasteiger partial charge in [0, 0.05) is 17.2 Å². The molecule has 0 unspecified atom stereocenters. The lowest BCUT2D eigenvalue weighted by atomic mass is 9.96. The molecule has 9 nitrogen and oxygen atoms in total. The van der Waals surface area contributed by atoms with E-state index in [4.69, 9.17) is 14.5 Å². The largest absolute Gasteiger partial charge is 0.494 e. The van der Waals surface area contributed by atoms with E-state index in [-0.39, 0.29) is 29.5 Å². The maximum atomic E-state index is 13.8. The molecule has 6 aromatic rings. The zero-order chi connectivity index (χ0) is 33.1. The first-order valence-electron chi connectivity index (χ1n) is 15.5. The zero-order valence-electron chi connectivity index (χ0n) is 26.6. The van der Waals surface area contributed by atoms with Crippen LogP contribution >= 0.6 is 0 Å². The highest BCUT2D eigenvalue weighted by Gasteiger charge is 2.20. The molecule has 47 heavy (non-hydrogen) atoms. The van der Waals surface area contributed by atoms with E-state index in [2.05, 4.69) is 18.9 Å². The molecule has 0 aliphatic carbocycles. The molecule has 0 amide bonds. The number of hydrogen-bond donors (Lipinski definition) is 0. The van der Waals surface area contributed by atoms with Crippen LogP contribution in [-0.2, 0) is 6.61 Å². The molecule has 0 atom stereocenters. The summed E-state index contributed by atoms with van der Waals surface area (Å²) in [7, 11) is 0. The summed E-state index contributed by atoms with van der Waals surface area (Å²) in [4.78, 5) is 30.3. The number of aryl methyl sites for hydroxylation is 1. The highest BCUT2D eigenvalue weighted by molar-refractivity contribution is 5.86. The third kappa shape index (κ3) is 6.33. The summed E-state index contributed by atoms with van der Waals surface area (Å²) < 4.78 is 13.1. The fourth-order valence-electron chi connectivity index (χ4n) is 5.65. The second kappa shape index (κ2) is 13.3. The monoisotopic (exact) mass is 626 g/mol. The number of benzene rings is 5. The fourth-order valence-corrected chi connectivity index (χ4v) is 5.65. The van der Waals surface area contributed by atoms with Crippen molar-refractivity contribution in [3.8, 4) is 22.9 Å². The summed E-state index contributed by atoms with van der Waals surface area (Å²) in [5.41, 5.74) is 3.91. The normalized spacial score (nSPS) is 11.5. The Bertz CT molecular complexity index is 2220. The summed E-state index contributed by atoms with van der Waals surface area (Å²) in [6.45, 7) is 8.74. The van der Waals surface area contributed by atoms with Crippen molar-refractivity contribution in [3.05, 3.63) is 140 Å². The SMILES string of the molecule is CCOc1cc(C)c(-c2nc3ccccc3c(=O)n2N=Cc2ccc(OCc3cccc4ccccc34)c([N+](=O)[O-])c2)cc1C(C)C. The molecule has 0 saturated carbocycles. The first-order valence-corrected chi connectivity index (χ1v) is 15.5. The van der Waals surface area contributed by atoms with E-state index in [1.807, 2.05) is 74.5 Å².